The average molecular weight is 402 g/mol. The molecule has 0 bridgehead atoms. The summed E-state index contributed by atoms with van der Waals surface area (Å²) < 4.78 is 6.15. The van der Waals surface area contributed by atoms with Crippen molar-refractivity contribution in [2.75, 3.05) is 0 Å². The van der Waals surface area contributed by atoms with Gasteiger partial charge in [-0.3, -0.25) is 0 Å². The van der Waals surface area contributed by atoms with E-state index in [9.17, 15) is 0 Å². The predicted octanol–water partition coefficient (Wildman–Crippen LogP) is 7.60. The van der Waals surface area contributed by atoms with Crippen LogP contribution in [0, 0.1) is 0 Å². The van der Waals surface area contributed by atoms with Crippen molar-refractivity contribution in [3.05, 3.63) is 84.4 Å². The Bertz CT molecular complexity index is 1540. The van der Waals surface area contributed by atoms with Crippen molar-refractivity contribution in [2.24, 2.45) is 0 Å². The molecule has 1 aromatic heterocycles. The first-order chi connectivity index (χ1) is 15.0. The molecule has 0 saturated carbocycles. The summed E-state index contributed by atoms with van der Waals surface area (Å²) in [6.45, 7) is 6.63. The van der Waals surface area contributed by atoms with Crippen LogP contribution in [0.4, 0.5) is 0 Å². The molecule has 3 heteroatoms. The van der Waals surface area contributed by atoms with Gasteiger partial charge in [0.25, 0.3) is 0 Å². The van der Waals surface area contributed by atoms with E-state index in [0.717, 1.165) is 16.5 Å². The Kier molecular flexibility index (Phi) is 3.73. The van der Waals surface area contributed by atoms with Gasteiger partial charge < -0.3 is 4.42 Å². The van der Waals surface area contributed by atoms with Crippen LogP contribution in [0.25, 0.3) is 55.2 Å². The highest BCUT2D eigenvalue weighted by molar-refractivity contribution is 6.25. The maximum absolute atomic E-state index is 6.15. The van der Waals surface area contributed by atoms with Gasteiger partial charge in [-0.05, 0) is 61.5 Å². The molecule has 0 aliphatic heterocycles. The molecule has 31 heavy (non-hydrogen) atoms. The summed E-state index contributed by atoms with van der Waals surface area (Å²) in [5, 5.41) is 16.1. The van der Waals surface area contributed by atoms with Gasteiger partial charge in [-0.15, -0.1) is 10.2 Å². The molecule has 0 N–H and O–H groups in total. The van der Waals surface area contributed by atoms with Crippen LogP contribution in [0.3, 0.4) is 0 Å². The zero-order valence-electron chi connectivity index (χ0n) is 17.8. The van der Waals surface area contributed by atoms with Gasteiger partial charge in [-0.2, -0.15) is 0 Å². The summed E-state index contributed by atoms with van der Waals surface area (Å²) in [5.74, 6) is 1.09. The third-order valence-electron chi connectivity index (χ3n) is 6.18. The molecule has 3 nitrogen and oxygen atoms in total. The van der Waals surface area contributed by atoms with Crippen molar-refractivity contribution in [3.63, 3.8) is 0 Å². The number of benzene rings is 5. The quantitative estimate of drug-likeness (QED) is 0.280. The van der Waals surface area contributed by atoms with E-state index in [2.05, 4.69) is 110 Å². The molecule has 1 heterocycles. The molecule has 6 aromatic rings. The van der Waals surface area contributed by atoms with E-state index >= 15 is 0 Å². The SMILES string of the molecule is CC(C)(C)c1ccc(-c2nnc(-c3ccc4ccc5cccc6ccc3c4c56)o2)cc1. The molecule has 6 rings (SSSR count). The Morgan fingerprint density at radius 3 is 1.94 bits per heavy atom. The number of hydrogen-bond acceptors (Lipinski definition) is 3. The molecular weight excluding hydrogens is 380 g/mol. The van der Waals surface area contributed by atoms with Crippen LogP contribution in [0.1, 0.15) is 26.3 Å². The highest BCUT2D eigenvalue weighted by Crippen LogP contribution is 2.39. The summed E-state index contributed by atoms with van der Waals surface area (Å²) in [4.78, 5) is 0. The van der Waals surface area contributed by atoms with Gasteiger partial charge in [0, 0.05) is 11.1 Å². The predicted molar refractivity (Wildman–Crippen MR) is 128 cm³/mol. The van der Waals surface area contributed by atoms with Crippen LogP contribution in [-0.2, 0) is 5.41 Å². The van der Waals surface area contributed by atoms with Crippen LogP contribution in [0.15, 0.2) is 83.3 Å². The number of hydrogen-bond donors (Lipinski definition) is 0. The van der Waals surface area contributed by atoms with E-state index in [-0.39, 0.29) is 5.41 Å². The lowest BCUT2D eigenvalue weighted by molar-refractivity contribution is 0.582. The minimum absolute atomic E-state index is 0.111. The lowest BCUT2D eigenvalue weighted by Crippen LogP contribution is -2.10. The van der Waals surface area contributed by atoms with E-state index in [1.54, 1.807) is 0 Å². The van der Waals surface area contributed by atoms with Crippen molar-refractivity contribution < 1.29 is 4.42 Å². The molecular formula is C28H22N2O. The van der Waals surface area contributed by atoms with Crippen molar-refractivity contribution in [2.45, 2.75) is 26.2 Å². The number of nitrogens with zero attached hydrogens (tertiary/aromatic N) is 2. The van der Waals surface area contributed by atoms with Gasteiger partial charge in [0.2, 0.25) is 11.8 Å². The minimum Gasteiger partial charge on any atom is -0.416 e. The number of aromatic nitrogens is 2. The zero-order chi connectivity index (χ0) is 21.2. The van der Waals surface area contributed by atoms with E-state index in [1.165, 1.54) is 32.5 Å². The topological polar surface area (TPSA) is 38.9 Å². The number of rotatable bonds is 2. The molecule has 0 amide bonds. The van der Waals surface area contributed by atoms with Crippen molar-refractivity contribution in [3.8, 4) is 22.9 Å². The van der Waals surface area contributed by atoms with Crippen LogP contribution >= 0.6 is 0 Å². The Hall–Kier alpha value is -3.72. The summed E-state index contributed by atoms with van der Waals surface area (Å²) in [7, 11) is 0. The van der Waals surface area contributed by atoms with Crippen molar-refractivity contribution in [1.29, 1.82) is 0 Å². The molecule has 0 aliphatic rings. The smallest absolute Gasteiger partial charge is 0.248 e. The Morgan fingerprint density at radius 2 is 1.23 bits per heavy atom. The lowest BCUT2D eigenvalue weighted by Gasteiger charge is -2.18. The molecule has 5 aromatic carbocycles. The Morgan fingerprint density at radius 1 is 0.613 bits per heavy atom. The second kappa shape index (κ2) is 6.39. The van der Waals surface area contributed by atoms with Crippen LogP contribution < -0.4 is 0 Å². The Labute approximate surface area is 180 Å². The van der Waals surface area contributed by atoms with Gasteiger partial charge in [0.1, 0.15) is 0 Å². The van der Waals surface area contributed by atoms with E-state index in [1.807, 2.05) is 0 Å². The highest BCUT2D eigenvalue weighted by atomic mass is 16.4. The van der Waals surface area contributed by atoms with Crippen molar-refractivity contribution in [1.82, 2.24) is 10.2 Å². The molecule has 0 atom stereocenters. The van der Waals surface area contributed by atoms with Crippen LogP contribution in [-0.4, -0.2) is 10.2 Å². The first kappa shape index (κ1) is 18.1. The van der Waals surface area contributed by atoms with Crippen LogP contribution in [0.5, 0.6) is 0 Å². The molecule has 0 saturated heterocycles. The normalized spacial score (nSPS) is 12.4. The second-order valence-electron chi connectivity index (χ2n) is 9.21. The first-order valence-electron chi connectivity index (χ1n) is 10.6. The largest absolute Gasteiger partial charge is 0.416 e. The maximum atomic E-state index is 6.15. The molecule has 0 aliphatic carbocycles. The van der Waals surface area contributed by atoms with Gasteiger partial charge in [-0.1, -0.05) is 81.4 Å². The fraction of sp³-hybridized carbons (Fsp3) is 0.143. The van der Waals surface area contributed by atoms with Crippen LogP contribution in [0.2, 0.25) is 0 Å². The summed E-state index contributed by atoms with van der Waals surface area (Å²) in [6.07, 6.45) is 0. The summed E-state index contributed by atoms with van der Waals surface area (Å²) in [5.41, 5.74) is 3.29. The molecule has 150 valence electrons. The van der Waals surface area contributed by atoms with E-state index in [0.29, 0.717) is 11.8 Å². The van der Waals surface area contributed by atoms with Gasteiger partial charge in [-0.25, -0.2) is 0 Å². The molecule has 0 spiro atoms. The second-order valence-corrected chi connectivity index (χ2v) is 9.21. The summed E-state index contributed by atoms with van der Waals surface area (Å²) >= 11 is 0. The maximum Gasteiger partial charge on any atom is 0.248 e. The monoisotopic (exact) mass is 402 g/mol. The first-order valence-corrected chi connectivity index (χ1v) is 10.6. The van der Waals surface area contributed by atoms with Gasteiger partial charge >= 0.3 is 0 Å². The molecule has 0 unspecified atom stereocenters. The minimum atomic E-state index is 0.111. The van der Waals surface area contributed by atoms with E-state index in [4.69, 9.17) is 4.42 Å². The fourth-order valence-electron chi connectivity index (χ4n) is 4.48. The zero-order valence-corrected chi connectivity index (χ0v) is 17.8. The Balaban J connectivity index is 1.50. The van der Waals surface area contributed by atoms with Gasteiger partial charge in [0.15, 0.2) is 0 Å². The highest BCUT2D eigenvalue weighted by Gasteiger charge is 2.18. The molecule has 0 radical (unpaired) electrons. The third kappa shape index (κ3) is 2.81. The molecule has 0 fully saturated rings. The summed E-state index contributed by atoms with van der Waals surface area (Å²) in [6, 6.07) is 27.8. The average Bonchev–Trinajstić information content (AvgIpc) is 3.27. The third-order valence-corrected chi connectivity index (χ3v) is 6.18. The standard InChI is InChI=1S/C28H22N2O/c1-28(2,3)21-13-9-20(10-14-21)26-29-30-27(31-26)23-16-12-19-8-7-17-5-4-6-18-11-15-22(23)25(19)24(17)18/h4-16H,1-3H3. The van der Waals surface area contributed by atoms with E-state index < -0.39 is 0 Å². The fourth-order valence-corrected chi connectivity index (χ4v) is 4.48. The van der Waals surface area contributed by atoms with Gasteiger partial charge in [0.05, 0.1) is 0 Å². The van der Waals surface area contributed by atoms with Crippen molar-refractivity contribution >= 4 is 32.3 Å². The lowest BCUT2D eigenvalue weighted by atomic mass is 9.87.